The molecule has 1 fully saturated rings. The van der Waals surface area contributed by atoms with Crippen LogP contribution in [0.25, 0.3) is 6.08 Å². The molecule has 0 saturated carbocycles. The van der Waals surface area contributed by atoms with Gasteiger partial charge in [0.2, 0.25) is 0 Å². The van der Waals surface area contributed by atoms with E-state index in [2.05, 4.69) is 25.7 Å². The average Bonchev–Trinajstić information content (AvgIpc) is 3.20. The minimum Gasteiger partial charge on any atom is -0.504 e. The lowest BCUT2D eigenvalue weighted by Gasteiger charge is -2.39. The van der Waals surface area contributed by atoms with Crippen LogP contribution in [-0.4, -0.2) is 40.6 Å². The number of phenolic OH excluding ortho intramolecular Hbond substituents is 1. The van der Waals surface area contributed by atoms with Crippen molar-refractivity contribution in [1.82, 2.24) is 10.2 Å². The van der Waals surface area contributed by atoms with Gasteiger partial charge >= 0.3 is 5.97 Å². The standard InChI is InChI=1S/C31H36N2O5S/c1-7-10-23-15-20(16-24(28(23)34)37-8-2)17-25-29(35)33-27(22-13-11-21(12-14-22)18(4)5)26(30(36)38-9-3)19(6)32-31(33)39-25/h7,11-18,27,31-32,34H,1,8-10H2,2-6H3/b25-17-/t27-,31+/m1/s1. The molecular weight excluding hydrogens is 512 g/mol. The molecule has 2 aliphatic heterocycles. The third kappa shape index (κ3) is 5.71. The van der Waals surface area contributed by atoms with Crippen molar-refractivity contribution < 1.29 is 24.2 Å². The first kappa shape index (κ1) is 28.4. The molecule has 0 unspecified atom stereocenters. The Morgan fingerprint density at radius 1 is 1.21 bits per heavy atom. The summed E-state index contributed by atoms with van der Waals surface area (Å²) in [5, 5.41) is 13.9. The van der Waals surface area contributed by atoms with E-state index in [1.54, 1.807) is 30.0 Å². The van der Waals surface area contributed by atoms with Crippen molar-refractivity contribution in [2.45, 2.75) is 58.5 Å². The van der Waals surface area contributed by atoms with Crippen LogP contribution in [0.5, 0.6) is 11.5 Å². The minimum atomic E-state index is -0.599. The number of benzene rings is 2. The summed E-state index contributed by atoms with van der Waals surface area (Å²) < 4.78 is 11.1. The van der Waals surface area contributed by atoms with Crippen LogP contribution in [0.1, 0.15) is 68.8 Å². The Morgan fingerprint density at radius 3 is 2.54 bits per heavy atom. The van der Waals surface area contributed by atoms with Gasteiger partial charge in [0, 0.05) is 11.3 Å². The molecule has 2 heterocycles. The van der Waals surface area contributed by atoms with Gasteiger partial charge in [-0.05, 0) is 68.0 Å². The van der Waals surface area contributed by atoms with E-state index in [1.165, 1.54) is 17.3 Å². The highest BCUT2D eigenvalue weighted by Crippen LogP contribution is 2.47. The first-order chi connectivity index (χ1) is 18.7. The van der Waals surface area contributed by atoms with E-state index in [1.807, 2.05) is 44.2 Å². The molecular formula is C31H36N2O5S. The zero-order valence-electron chi connectivity index (χ0n) is 23.1. The molecule has 2 atom stereocenters. The SMILES string of the molecule is C=CCc1cc(/C=C2\S[C@H]3NC(C)=C(C(=O)OCC)[C@@H](c4ccc(C(C)C)cc4)N3C2=O)cc(OCC)c1O. The van der Waals surface area contributed by atoms with Gasteiger partial charge in [-0.15, -0.1) is 6.58 Å². The fourth-order valence-corrected chi connectivity index (χ4v) is 6.10. The van der Waals surface area contributed by atoms with Crippen molar-refractivity contribution in [3.05, 3.63) is 87.5 Å². The first-order valence-electron chi connectivity index (χ1n) is 13.2. The number of carbonyl (C=O) groups excluding carboxylic acids is 2. The van der Waals surface area contributed by atoms with E-state index in [4.69, 9.17) is 9.47 Å². The van der Waals surface area contributed by atoms with Gasteiger partial charge in [-0.1, -0.05) is 56.0 Å². The van der Waals surface area contributed by atoms with Gasteiger partial charge in [0.25, 0.3) is 5.91 Å². The number of amides is 1. The first-order valence-corrected chi connectivity index (χ1v) is 14.1. The Bertz CT molecular complexity index is 1330. The molecule has 4 rings (SSSR count). The van der Waals surface area contributed by atoms with Crippen LogP contribution in [0.3, 0.4) is 0 Å². The smallest absolute Gasteiger partial charge is 0.338 e. The van der Waals surface area contributed by atoms with E-state index >= 15 is 0 Å². The Kier molecular flexibility index (Phi) is 8.75. The fourth-order valence-electron chi connectivity index (χ4n) is 4.88. The van der Waals surface area contributed by atoms with E-state index in [0.717, 1.165) is 11.1 Å². The number of aromatic hydroxyl groups is 1. The molecule has 2 aromatic carbocycles. The maximum atomic E-state index is 13.9. The Hall–Kier alpha value is -3.65. The van der Waals surface area contributed by atoms with Crippen molar-refractivity contribution in [2.24, 2.45) is 0 Å². The summed E-state index contributed by atoms with van der Waals surface area (Å²) in [4.78, 5) is 29.3. The molecule has 0 bridgehead atoms. The number of fused-ring (bicyclic) bond motifs is 1. The Labute approximate surface area is 234 Å². The number of hydrogen-bond acceptors (Lipinski definition) is 7. The quantitative estimate of drug-likeness (QED) is 0.225. The summed E-state index contributed by atoms with van der Waals surface area (Å²) in [6.45, 7) is 14.1. The molecule has 39 heavy (non-hydrogen) atoms. The zero-order valence-corrected chi connectivity index (χ0v) is 23.9. The second-order valence-electron chi connectivity index (χ2n) is 9.77. The molecule has 1 saturated heterocycles. The molecule has 0 aromatic heterocycles. The molecule has 0 radical (unpaired) electrons. The normalized spacial score (nSPS) is 19.8. The van der Waals surface area contributed by atoms with Gasteiger partial charge in [-0.25, -0.2) is 4.79 Å². The molecule has 2 N–H and O–H groups in total. The summed E-state index contributed by atoms with van der Waals surface area (Å²) in [6.07, 6.45) is 3.97. The summed E-state index contributed by atoms with van der Waals surface area (Å²) in [6, 6.07) is 11.0. The minimum absolute atomic E-state index is 0.0761. The highest BCUT2D eigenvalue weighted by Gasteiger charge is 2.47. The number of carbonyl (C=O) groups is 2. The van der Waals surface area contributed by atoms with Gasteiger partial charge in [0.05, 0.1) is 29.7 Å². The second kappa shape index (κ2) is 12.0. The topological polar surface area (TPSA) is 88.1 Å². The number of hydrogen-bond donors (Lipinski definition) is 2. The summed E-state index contributed by atoms with van der Waals surface area (Å²) in [7, 11) is 0. The van der Waals surface area contributed by atoms with E-state index < -0.39 is 17.5 Å². The number of nitrogens with zero attached hydrogens (tertiary/aromatic N) is 1. The molecule has 2 aliphatic rings. The molecule has 8 heteroatoms. The average molecular weight is 549 g/mol. The van der Waals surface area contributed by atoms with Crippen molar-refractivity contribution in [3.8, 4) is 11.5 Å². The lowest BCUT2D eigenvalue weighted by Crippen LogP contribution is -2.49. The summed E-state index contributed by atoms with van der Waals surface area (Å²) in [5.74, 6) is 0.162. The third-order valence-corrected chi connectivity index (χ3v) is 7.90. The number of rotatable bonds is 9. The van der Waals surface area contributed by atoms with Crippen molar-refractivity contribution in [3.63, 3.8) is 0 Å². The monoisotopic (exact) mass is 548 g/mol. The van der Waals surface area contributed by atoms with Crippen LogP contribution >= 0.6 is 11.8 Å². The molecule has 1 amide bonds. The molecule has 0 aliphatic carbocycles. The number of thioether (sulfide) groups is 1. The van der Waals surface area contributed by atoms with Crippen LogP contribution in [0.15, 0.2) is 65.2 Å². The van der Waals surface area contributed by atoms with E-state index in [9.17, 15) is 14.7 Å². The van der Waals surface area contributed by atoms with Crippen LogP contribution in [-0.2, 0) is 20.7 Å². The van der Waals surface area contributed by atoms with Crippen LogP contribution < -0.4 is 10.1 Å². The number of ether oxygens (including phenoxy) is 2. The largest absolute Gasteiger partial charge is 0.504 e. The van der Waals surface area contributed by atoms with E-state index in [-0.39, 0.29) is 18.3 Å². The van der Waals surface area contributed by atoms with Crippen molar-refractivity contribution in [1.29, 1.82) is 0 Å². The molecule has 7 nitrogen and oxygen atoms in total. The van der Waals surface area contributed by atoms with Gasteiger partial charge in [-0.3, -0.25) is 9.69 Å². The fraction of sp³-hybridized carbons (Fsp3) is 0.355. The van der Waals surface area contributed by atoms with Crippen molar-refractivity contribution >= 4 is 29.7 Å². The Balaban J connectivity index is 1.77. The number of allylic oxidation sites excluding steroid dienone is 2. The van der Waals surface area contributed by atoms with Crippen molar-refractivity contribution in [2.75, 3.05) is 13.2 Å². The number of phenols is 1. The summed E-state index contributed by atoms with van der Waals surface area (Å²) in [5.41, 5.74) is 4.14. The molecule has 0 spiro atoms. The van der Waals surface area contributed by atoms with Gasteiger partial charge < -0.3 is 19.9 Å². The predicted molar refractivity (Wildman–Crippen MR) is 155 cm³/mol. The van der Waals surface area contributed by atoms with Gasteiger partial charge in [0.15, 0.2) is 17.0 Å². The maximum Gasteiger partial charge on any atom is 0.338 e. The molecule has 2 aromatic rings. The maximum absolute atomic E-state index is 13.9. The molecule has 206 valence electrons. The summed E-state index contributed by atoms with van der Waals surface area (Å²) >= 11 is 1.39. The van der Waals surface area contributed by atoms with Gasteiger partial charge in [0.1, 0.15) is 0 Å². The number of nitrogens with one attached hydrogen (secondary N) is 1. The zero-order chi connectivity index (χ0) is 28.3. The van der Waals surface area contributed by atoms with Crippen LogP contribution in [0.4, 0.5) is 0 Å². The lowest BCUT2D eigenvalue weighted by atomic mass is 9.91. The van der Waals surface area contributed by atoms with Crippen LogP contribution in [0, 0.1) is 0 Å². The highest BCUT2D eigenvalue weighted by molar-refractivity contribution is 8.05. The predicted octanol–water partition coefficient (Wildman–Crippen LogP) is 6.02. The second-order valence-corrected chi connectivity index (χ2v) is 10.9. The lowest BCUT2D eigenvalue weighted by molar-refractivity contribution is -0.140. The number of esters is 1. The van der Waals surface area contributed by atoms with Gasteiger partial charge in [-0.2, -0.15) is 0 Å². The van der Waals surface area contributed by atoms with Crippen LogP contribution in [0.2, 0.25) is 0 Å². The third-order valence-electron chi connectivity index (χ3n) is 6.78. The Morgan fingerprint density at radius 2 is 1.92 bits per heavy atom. The highest BCUT2D eigenvalue weighted by atomic mass is 32.2. The van der Waals surface area contributed by atoms with E-state index in [0.29, 0.717) is 46.4 Å².